The molecule has 0 bridgehead atoms. The van der Waals surface area contributed by atoms with E-state index in [9.17, 15) is 26.0 Å². The van der Waals surface area contributed by atoms with Gasteiger partial charge in [0.1, 0.15) is 10.7 Å². The Balaban J connectivity index is 2.19. The van der Waals surface area contributed by atoms with E-state index < -0.39 is 27.8 Å². The van der Waals surface area contributed by atoms with E-state index in [1.165, 1.54) is 19.1 Å². The minimum atomic E-state index is -4.84. The van der Waals surface area contributed by atoms with Crippen LogP contribution in [0.4, 0.5) is 17.6 Å². The molecular formula is C15H11F4N5O2S. The summed E-state index contributed by atoms with van der Waals surface area (Å²) < 4.78 is 76.3. The molecule has 0 unspecified atom stereocenters. The first kappa shape index (κ1) is 18.9. The zero-order chi connectivity index (χ0) is 20.0. The first-order valence-electron chi connectivity index (χ1n) is 7.27. The number of pyridine rings is 1. The third kappa shape index (κ3) is 3.80. The van der Waals surface area contributed by atoms with Crippen molar-refractivity contribution in [1.29, 1.82) is 0 Å². The summed E-state index contributed by atoms with van der Waals surface area (Å²) in [5.74, 6) is -2.54. The molecule has 7 nitrogen and oxygen atoms in total. The summed E-state index contributed by atoms with van der Waals surface area (Å²) in [5.41, 5.74) is 0.343. The Morgan fingerprint density at radius 2 is 1.85 bits per heavy atom. The lowest BCUT2D eigenvalue weighted by Crippen LogP contribution is -2.13. The van der Waals surface area contributed by atoms with E-state index in [-0.39, 0.29) is 22.1 Å². The fourth-order valence-electron chi connectivity index (χ4n) is 2.18. The Morgan fingerprint density at radius 1 is 1.15 bits per heavy atom. The van der Waals surface area contributed by atoms with E-state index in [4.69, 9.17) is 5.14 Å². The van der Waals surface area contributed by atoms with Crippen molar-refractivity contribution in [3.8, 4) is 17.2 Å². The van der Waals surface area contributed by atoms with Crippen LogP contribution in [0, 0.1) is 12.7 Å². The highest BCUT2D eigenvalue weighted by Gasteiger charge is 2.37. The highest BCUT2D eigenvalue weighted by Crippen LogP contribution is 2.30. The van der Waals surface area contributed by atoms with E-state index >= 15 is 0 Å². The molecular weight excluding hydrogens is 390 g/mol. The van der Waals surface area contributed by atoms with Crippen LogP contribution in [0.3, 0.4) is 0 Å². The molecule has 3 rings (SSSR count). The number of nitrogens with zero attached hydrogens (tertiary/aromatic N) is 4. The van der Waals surface area contributed by atoms with E-state index in [1.807, 2.05) is 0 Å². The fraction of sp³-hybridized carbons (Fsp3) is 0.133. The molecule has 0 fully saturated rings. The van der Waals surface area contributed by atoms with Gasteiger partial charge in [0.15, 0.2) is 11.6 Å². The van der Waals surface area contributed by atoms with Gasteiger partial charge in [-0.05, 0) is 30.7 Å². The Morgan fingerprint density at radius 3 is 2.37 bits per heavy atom. The van der Waals surface area contributed by atoms with Crippen LogP contribution in [0.5, 0.6) is 0 Å². The lowest BCUT2D eigenvalue weighted by Gasteiger charge is -2.06. The average molecular weight is 401 g/mol. The molecule has 0 atom stereocenters. The first-order valence-corrected chi connectivity index (χ1v) is 8.81. The number of halogens is 4. The van der Waals surface area contributed by atoms with Crippen LogP contribution in [0.2, 0.25) is 0 Å². The van der Waals surface area contributed by atoms with Crippen LogP contribution in [0.1, 0.15) is 11.4 Å². The highest BCUT2D eigenvalue weighted by molar-refractivity contribution is 7.89. The normalized spacial score (nSPS) is 12.4. The molecule has 3 aromatic rings. The SMILES string of the molecule is Cc1ccc(-c2nc(C(F)(F)F)nn2-c2ccc(S(N)(=O)=O)cn2)cc1F. The molecule has 1 aromatic carbocycles. The molecule has 12 heteroatoms. The number of primary sulfonamides is 1. The van der Waals surface area contributed by atoms with Gasteiger partial charge in [0.25, 0.3) is 5.82 Å². The van der Waals surface area contributed by atoms with Gasteiger partial charge >= 0.3 is 6.18 Å². The second-order valence-corrected chi connectivity index (χ2v) is 7.09. The summed E-state index contributed by atoms with van der Waals surface area (Å²) in [7, 11) is -4.03. The number of nitrogens with two attached hydrogens (primary N) is 1. The molecule has 2 heterocycles. The fourth-order valence-corrected chi connectivity index (χ4v) is 2.63. The zero-order valence-corrected chi connectivity index (χ0v) is 14.4. The molecule has 0 saturated carbocycles. The van der Waals surface area contributed by atoms with Gasteiger partial charge in [-0.15, -0.1) is 5.10 Å². The van der Waals surface area contributed by atoms with Crippen LogP contribution >= 0.6 is 0 Å². The molecule has 2 N–H and O–H groups in total. The van der Waals surface area contributed by atoms with Crippen molar-refractivity contribution in [2.75, 3.05) is 0 Å². The molecule has 2 aromatic heterocycles. The number of sulfonamides is 1. The van der Waals surface area contributed by atoms with Crippen molar-refractivity contribution in [2.45, 2.75) is 18.0 Å². The number of benzene rings is 1. The van der Waals surface area contributed by atoms with Gasteiger partial charge < -0.3 is 0 Å². The molecule has 0 aliphatic rings. The quantitative estimate of drug-likeness (QED) is 0.679. The summed E-state index contributed by atoms with van der Waals surface area (Å²) in [4.78, 5) is 6.90. The predicted octanol–water partition coefficient (Wildman–Crippen LogP) is 2.44. The van der Waals surface area contributed by atoms with Gasteiger partial charge in [-0.2, -0.15) is 17.9 Å². The smallest absolute Gasteiger partial charge is 0.236 e. The molecule has 142 valence electrons. The second kappa shape index (κ2) is 6.39. The minimum absolute atomic E-state index is 0.0402. The monoisotopic (exact) mass is 401 g/mol. The van der Waals surface area contributed by atoms with Crippen molar-refractivity contribution in [1.82, 2.24) is 19.7 Å². The van der Waals surface area contributed by atoms with Crippen molar-refractivity contribution in [3.63, 3.8) is 0 Å². The maximum atomic E-state index is 13.8. The van der Waals surface area contributed by atoms with Crippen molar-refractivity contribution < 1.29 is 26.0 Å². The van der Waals surface area contributed by atoms with Gasteiger partial charge in [0, 0.05) is 11.8 Å². The Bertz CT molecular complexity index is 1110. The third-order valence-corrected chi connectivity index (χ3v) is 4.46. The summed E-state index contributed by atoms with van der Waals surface area (Å²) in [6, 6.07) is 5.97. The van der Waals surface area contributed by atoms with Crippen LogP contribution < -0.4 is 5.14 Å². The van der Waals surface area contributed by atoms with Crippen molar-refractivity contribution in [2.24, 2.45) is 5.14 Å². The maximum Gasteiger partial charge on any atom is 0.453 e. The summed E-state index contributed by atoms with van der Waals surface area (Å²) in [6.07, 6.45) is -3.97. The van der Waals surface area contributed by atoms with Gasteiger partial charge in [-0.3, -0.25) is 0 Å². The van der Waals surface area contributed by atoms with Crippen molar-refractivity contribution in [3.05, 3.63) is 53.7 Å². The second-order valence-electron chi connectivity index (χ2n) is 5.53. The first-order chi connectivity index (χ1) is 12.5. The average Bonchev–Trinajstić information content (AvgIpc) is 3.02. The van der Waals surface area contributed by atoms with E-state index in [0.29, 0.717) is 5.56 Å². The molecule has 0 spiro atoms. The van der Waals surface area contributed by atoms with E-state index in [1.54, 1.807) is 0 Å². The number of aromatic nitrogens is 4. The summed E-state index contributed by atoms with van der Waals surface area (Å²) >= 11 is 0. The van der Waals surface area contributed by atoms with Crippen LogP contribution in [0.25, 0.3) is 17.2 Å². The minimum Gasteiger partial charge on any atom is -0.236 e. The standard InChI is InChI=1S/C15H11F4N5O2S/c1-8-2-3-9(6-11(8)16)13-22-14(15(17,18)19)23-24(13)12-5-4-10(7-21-12)27(20,25)26/h2-7H,1H3,(H2,20,25,26). The van der Waals surface area contributed by atoms with Crippen LogP contribution in [-0.4, -0.2) is 28.2 Å². The van der Waals surface area contributed by atoms with Gasteiger partial charge in [-0.25, -0.2) is 27.9 Å². The number of rotatable bonds is 3. The number of hydrogen-bond acceptors (Lipinski definition) is 5. The van der Waals surface area contributed by atoms with Gasteiger partial charge in [-0.1, -0.05) is 12.1 Å². The molecule has 0 amide bonds. The Kier molecular flexibility index (Phi) is 4.48. The van der Waals surface area contributed by atoms with Crippen LogP contribution in [-0.2, 0) is 16.2 Å². The number of aryl methyl sites for hydroxylation is 1. The topological polar surface area (TPSA) is 104 Å². The third-order valence-electron chi connectivity index (χ3n) is 3.56. The van der Waals surface area contributed by atoms with E-state index in [0.717, 1.165) is 29.1 Å². The Hall–Kier alpha value is -2.86. The molecule has 0 aliphatic heterocycles. The number of hydrogen-bond donors (Lipinski definition) is 1. The largest absolute Gasteiger partial charge is 0.453 e. The molecule has 0 aliphatic carbocycles. The van der Waals surface area contributed by atoms with Gasteiger partial charge in [0.2, 0.25) is 10.0 Å². The lowest BCUT2D eigenvalue weighted by atomic mass is 10.1. The maximum absolute atomic E-state index is 13.8. The molecule has 0 radical (unpaired) electrons. The predicted molar refractivity (Wildman–Crippen MR) is 85.7 cm³/mol. The van der Waals surface area contributed by atoms with E-state index in [2.05, 4.69) is 15.1 Å². The van der Waals surface area contributed by atoms with Gasteiger partial charge in [0.05, 0.1) is 0 Å². The zero-order valence-electron chi connectivity index (χ0n) is 13.6. The summed E-state index contributed by atoms with van der Waals surface area (Å²) in [6.45, 7) is 1.50. The highest BCUT2D eigenvalue weighted by atomic mass is 32.2. The molecule has 27 heavy (non-hydrogen) atoms. The van der Waals surface area contributed by atoms with Crippen molar-refractivity contribution >= 4 is 10.0 Å². The number of alkyl halides is 3. The van der Waals surface area contributed by atoms with Crippen LogP contribution in [0.15, 0.2) is 41.4 Å². The lowest BCUT2D eigenvalue weighted by molar-refractivity contribution is -0.144. The summed E-state index contributed by atoms with van der Waals surface area (Å²) in [5, 5.41) is 8.35. The molecule has 0 saturated heterocycles. The Labute approximate surface area is 150 Å².